The van der Waals surface area contributed by atoms with Gasteiger partial charge in [-0.25, -0.2) is 0 Å². The van der Waals surface area contributed by atoms with Gasteiger partial charge in [0.25, 0.3) is 0 Å². The zero-order valence-electron chi connectivity index (χ0n) is 6.19. The van der Waals surface area contributed by atoms with Gasteiger partial charge in [-0.05, 0) is 12.8 Å². The molecule has 0 aromatic rings. The summed E-state index contributed by atoms with van der Waals surface area (Å²) in [5.41, 5.74) is 0. The average Bonchev–Trinajstić information content (AvgIpc) is 2.81. The van der Waals surface area contributed by atoms with Gasteiger partial charge in [0.05, 0.1) is 12.5 Å². The molecule has 0 aliphatic heterocycles. The zero-order valence-corrected chi connectivity index (χ0v) is 6.19. The van der Waals surface area contributed by atoms with Crippen molar-refractivity contribution in [3.63, 3.8) is 0 Å². The smallest absolute Gasteiger partial charge is 0.309 e. The SMILES string of the molecule is O=C(OC[C@H](O)CO)C1CC1. The first kappa shape index (κ1) is 8.49. The molecule has 0 heterocycles. The van der Waals surface area contributed by atoms with E-state index < -0.39 is 6.10 Å². The number of rotatable bonds is 4. The van der Waals surface area contributed by atoms with Crippen LogP contribution >= 0.6 is 0 Å². The fraction of sp³-hybridized carbons (Fsp3) is 0.857. The molecule has 0 unspecified atom stereocenters. The van der Waals surface area contributed by atoms with Crippen LogP contribution in [-0.2, 0) is 9.53 Å². The predicted molar refractivity (Wildman–Crippen MR) is 36.8 cm³/mol. The maximum Gasteiger partial charge on any atom is 0.309 e. The second-order valence-corrected chi connectivity index (χ2v) is 2.74. The number of aliphatic hydroxyl groups is 2. The molecule has 2 N–H and O–H groups in total. The third kappa shape index (κ3) is 2.86. The van der Waals surface area contributed by atoms with Crippen molar-refractivity contribution in [3.8, 4) is 0 Å². The van der Waals surface area contributed by atoms with Gasteiger partial charge in [-0.2, -0.15) is 0 Å². The Morgan fingerprint density at radius 3 is 2.73 bits per heavy atom. The summed E-state index contributed by atoms with van der Waals surface area (Å²) in [7, 11) is 0. The summed E-state index contributed by atoms with van der Waals surface area (Å²) in [6.45, 7) is -0.455. The van der Waals surface area contributed by atoms with Crippen LogP contribution in [0.25, 0.3) is 0 Å². The Bertz CT molecular complexity index is 141. The Hall–Kier alpha value is -0.610. The molecule has 11 heavy (non-hydrogen) atoms. The summed E-state index contributed by atoms with van der Waals surface area (Å²) in [6, 6.07) is 0. The lowest BCUT2D eigenvalue weighted by molar-refractivity contribution is -0.148. The number of aliphatic hydroxyl groups excluding tert-OH is 2. The van der Waals surface area contributed by atoms with E-state index in [1.54, 1.807) is 0 Å². The molecule has 1 atom stereocenters. The first-order valence-electron chi connectivity index (χ1n) is 3.69. The molecule has 1 aliphatic rings. The van der Waals surface area contributed by atoms with Crippen LogP contribution in [0, 0.1) is 5.92 Å². The molecule has 0 amide bonds. The van der Waals surface area contributed by atoms with E-state index in [0.717, 1.165) is 12.8 Å². The number of esters is 1. The van der Waals surface area contributed by atoms with Crippen LogP contribution < -0.4 is 0 Å². The minimum Gasteiger partial charge on any atom is -0.463 e. The Morgan fingerprint density at radius 2 is 2.27 bits per heavy atom. The summed E-state index contributed by atoms with van der Waals surface area (Å²) in [5, 5.41) is 17.1. The van der Waals surface area contributed by atoms with E-state index in [4.69, 9.17) is 10.2 Å². The highest BCUT2D eigenvalue weighted by atomic mass is 16.5. The van der Waals surface area contributed by atoms with Gasteiger partial charge in [-0.15, -0.1) is 0 Å². The summed E-state index contributed by atoms with van der Waals surface area (Å²) < 4.78 is 4.67. The van der Waals surface area contributed by atoms with E-state index >= 15 is 0 Å². The van der Waals surface area contributed by atoms with Crippen molar-refractivity contribution in [2.75, 3.05) is 13.2 Å². The first-order valence-corrected chi connectivity index (χ1v) is 3.69. The predicted octanol–water partition coefficient (Wildman–Crippen LogP) is -0.707. The first-order chi connectivity index (χ1) is 5.24. The monoisotopic (exact) mass is 160 g/mol. The van der Waals surface area contributed by atoms with Crippen molar-refractivity contribution >= 4 is 5.97 Å². The molecule has 0 aromatic carbocycles. The molecule has 4 heteroatoms. The van der Waals surface area contributed by atoms with E-state index in [0.29, 0.717) is 0 Å². The standard InChI is InChI=1S/C7H12O4/c8-3-6(9)4-11-7(10)5-1-2-5/h5-6,8-9H,1-4H2/t6-/m1/s1. The number of carbonyl (C=O) groups excluding carboxylic acids is 1. The maximum atomic E-state index is 10.8. The van der Waals surface area contributed by atoms with Crippen LogP contribution in [0.2, 0.25) is 0 Å². The van der Waals surface area contributed by atoms with Crippen LogP contribution in [0.5, 0.6) is 0 Å². The molecule has 0 radical (unpaired) electrons. The lowest BCUT2D eigenvalue weighted by Gasteiger charge is -2.07. The van der Waals surface area contributed by atoms with Crippen LogP contribution in [0.15, 0.2) is 0 Å². The summed E-state index contributed by atoms with van der Waals surface area (Å²) in [5.74, 6) is -0.196. The molecular formula is C7H12O4. The minimum atomic E-state index is -0.933. The average molecular weight is 160 g/mol. The van der Waals surface area contributed by atoms with Crippen molar-refractivity contribution in [1.29, 1.82) is 0 Å². The molecule has 1 aliphatic carbocycles. The van der Waals surface area contributed by atoms with Crippen molar-refractivity contribution in [2.45, 2.75) is 18.9 Å². The molecule has 0 aromatic heterocycles. The van der Waals surface area contributed by atoms with Gasteiger partial charge in [-0.1, -0.05) is 0 Å². The molecular weight excluding hydrogens is 148 g/mol. The van der Waals surface area contributed by atoms with E-state index in [2.05, 4.69) is 4.74 Å². The van der Waals surface area contributed by atoms with Gasteiger partial charge in [0, 0.05) is 0 Å². The zero-order chi connectivity index (χ0) is 8.27. The summed E-state index contributed by atoms with van der Waals surface area (Å²) in [6.07, 6.45) is 0.861. The van der Waals surface area contributed by atoms with Crippen molar-refractivity contribution in [2.24, 2.45) is 5.92 Å². The van der Waals surface area contributed by atoms with Crippen molar-refractivity contribution in [3.05, 3.63) is 0 Å². The van der Waals surface area contributed by atoms with Crippen molar-refractivity contribution < 1.29 is 19.7 Å². The van der Waals surface area contributed by atoms with Crippen molar-refractivity contribution in [1.82, 2.24) is 0 Å². The van der Waals surface area contributed by atoms with Gasteiger partial charge in [0.2, 0.25) is 0 Å². The Balaban J connectivity index is 2.05. The molecule has 1 fully saturated rings. The number of hydrogen-bond acceptors (Lipinski definition) is 4. The van der Waals surface area contributed by atoms with Gasteiger partial charge in [0.1, 0.15) is 12.7 Å². The van der Waals surface area contributed by atoms with Crippen LogP contribution in [0.3, 0.4) is 0 Å². The van der Waals surface area contributed by atoms with E-state index in [1.807, 2.05) is 0 Å². The van der Waals surface area contributed by atoms with E-state index in [-0.39, 0.29) is 25.1 Å². The highest BCUT2D eigenvalue weighted by Crippen LogP contribution is 2.29. The topological polar surface area (TPSA) is 66.8 Å². The fourth-order valence-electron chi connectivity index (χ4n) is 0.668. The van der Waals surface area contributed by atoms with Gasteiger partial charge < -0.3 is 14.9 Å². The number of ether oxygens (including phenoxy) is 1. The highest BCUT2D eigenvalue weighted by Gasteiger charge is 2.31. The Morgan fingerprint density at radius 1 is 1.64 bits per heavy atom. The number of carbonyl (C=O) groups is 1. The molecule has 4 nitrogen and oxygen atoms in total. The lowest BCUT2D eigenvalue weighted by atomic mass is 10.4. The fourth-order valence-corrected chi connectivity index (χ4v) is 0.668. The van der Waals surface area contributed by atoms with Crippen LogP contribution in [-0.4, -0.2) is 35.5 Å². The molecule has 0 saturated heterocycles. The number of hydrogen-bond donors (Lipinski definition) is 2. The molecule has 0 spiro atoms. The van der Waals surface area contributed by atoms with E-state index in [1.165, 1.54) is 0 Å². The van der Waals surface area contributed by atoms with Crippen LogP contribution in [0.1, 0.15) is 12.8 Å². The maximum absolute atomic E-state index is 10.8. The van der Waals surface area contributed by atoms with Gasteiger partial charge >= 0.3 is 5.97 Å². The van der Waals surface area contributed by atoms with Crippen LogP contribution in [0.4, 0.5) is 0 Å². The minimum absolute atomic E-state index is 0.0564. The molecule has 1 saturated carbocycles. The molecule has 64 valence electrons. The van der Waals surface area contributed by atoms with E-state index in [9.17, 15) is 4.79 Å². The van der Waals surface area contributed by atoms with Gasteiger partial charge in [0.15, 0.2) is 0 Å². The second kappa shape index (κ2) is 3.69. The largest absolute Gasteiger partial charge is 0.463 e. The Kier molecular flexibility index (Phi) is 2.84. The summed E-state index contributed by atoms with van der Waals surface area (Å²) >= 11 is 0. The quantitative estimate of drug-likeness (QED) is 0.533. The van der Waals surface area contributed by atoms with Gasteiger partial charge in [-0.3, -0.25) is 4.79 Å². The lowest BCUT2D eigenvalue weighted by Crippen LogP contribution is -2.22. The summed E-state index contributed by atoms with van der Waals surface area (Å²) in [4.78, 5) is 10.8. The highest BCUT2D eigenvalue weighted by molar-refractivity contribution is 5.74. The molecule has 0 bridgehead atoms. The molecule has 1 rings (SSSR count). The third-order valence-electron chi connectivity index (χ3n) is 1.54. The normalized spacial score (nSPS) is 19.5. The second-order valence-electron chi connectivity index (χ2n) is 2.74. The third-order valence-corrected chi connectivity index (χ3v) is 1.54. The Labute approximate surface area is 64.8 Å².